The maximum absolute atomic E-state index is 5.21. The Morgan fingerprint density at radius 1 is 0.767 bits per heavy atom. The number of imidazole rings is 1. The fraction of sp³-hybridized carbons (Fsp3) is 0.536. The molecule has 2 aliphatic carbocycles. The van der Waals surface area contributed by atoms with Crippen molar-refractivity contribution in [1.29, 1.82) is 0 Å². The van der Waals surface area contributed by atoms with Crippen LogP contribution >= 0.6 is 0 Å². The summed E-state index contributed by atoms with van der Waals surface area (Å²) in [7, 11) is 0. The summed E-state index contributed by atoms with van der Waals surface area (Å²) in [6.45, 7) is 4.59. The van der Waals surface area contributed by atoms with Crippen molar-refractivity contribution in [1.82, 2.24) is 9.55 Å². The summed E-state index contributed by atoms with van der Waals surface area (Å²) >= 11 is 0. The third-order valence-corrected chi connectivity index (χ3v) is 7.53. The Bertz CT molecular complexity index is 986. The molecule has 0 atom stereocenters. The molecule has 2 nitrogen and oxygen atoms in total. The van der Waals surface area contributed by atoms with Crippen LogP contribution in [0.1, 0.15) is 107 Å². The summed E-state index contributed by atoms with van der Waals surface area (Å²) in [6, 6.07) is 16.2. The lowest BCUT2D eigenvalue weighted by Gasteiger charge is -2.30. The minimum Gasteiger partial charge on any atom is -0.321 e. The maximum atomic E-state index is 5.21. The fourth-order valence-corrected chi connectivity index (χ4v) is 6.02. The van der Waals surface area contributed by atoms with Gasteiger partial charge in [-0.15, -0.1) is 0 Å². The molecular formula is C28H36N2. The first-order chi connectivity index (χ1) is 14.7. The van der Waals surface area contributed by atoms with Gasteiger partial charge >= 0.3 is 0 Å². The number of hydrogen-bond acceptors (Lipinski definition) is 1. The normalized spacial score (nSPS) is 19.0. The van der Waals surface area contributed by atoms with Crippen molar-refractivity contribution in [2.45, 2.75) is 95.9 Å². The molecule has 0 saturated heterocycles. The molecule has 0 bridgehead atoms. The van der Waals surface area contributed by atoms with Gasteiger partial charge in [0.1, 0.15) is 5.82 Å². The Morgan fingerprint density at radius 3 is 1.90 bits per heavy atom. The lowest BCUT2D eigenvalue weighted by molar-refractivity contribution is 0.419. The smallest absolute Gasteiger partial charge is 0.141 e. The van der Waals surface area contributed by atoms with Crippen LogP contribution in [0.4, 0.5) is 0 Å². The van der Waals surface area contributed by atoms with Crippen LogP contribution in [-0.4, -0.2) is 9.55 Å². The van der Waals surface area contributed by atoms with Gasteiger partial charge in [-0.2, -0.15) is 0 Å². The summed E-state index contributed by atoms with van der Waals surface area (Å²) in [4.78, 5) is 5.21. The van der Waals surface area contributed by atoms with E-state index in [1.165, 1.54) is 80.8 Å². The van der Waals surface area contributed by atoms with Crippen LogP contribution in [0.5, 0.6) is 0 Å². The summed E-state index contributed by atoms with van der Waals surface area (Å²) in [5, 5.41) is 0. The Morgan fingerprint density at radius 2 is 1.33 bits per heavy atom. The average molecular weight is 401 g/mol. The van der Waals surface area contributed by atoms with Crippen LogP contribution in [0.25, 0.3) is 22.4 Å². The van der Waals surface area contributed by atoms with Gasteiger partial charge in [0.2, 0.25) is 0 Å². The highest BCUT2D eigenvalue weighted by Gasteiger charge is 2.26. The SMILES string of the molecule is CC(C)n1c(-c2ccccc2)nc2cc(C3CCCCC3)c(C3CCCCC3)cc21. The van der Waals surface area contributed by atoms with Gasteiger partial charge in [-0.25, -0.2) is 4.98 Å². The van der Waals surface area contributed by atoms with Gasteiger partial charge in [-0.3, -0.25) is 0 Å². The highest BCUT2D eigenvalue weighted by atomic mass is 15.1. The monoisotopic (exact) mass is 400 g/mol. The zero-order valence-corrected chi connectivity index (χ0v) is 18.7. The van der Waals surface area contributed by atoms with Crippen molar-refractivity contribution in [2.75, 3.05) is 0 Å². The van der Waals surface area contributed by atoms with Crippen LogP contribution in [-0.2, 0) is 0 Å². The van der Waals surface area contributed by atoms with E-state index in [9.17, 15) is 0 Å². The number of nitrogens with zero attached hydrogens (tertiary/aromatic N) is 2. The van der Waals surface area contributed by atoms with E-state index in [0.29, 0.717) is 6.04 Å². The molecule has 2 aliphatic rings. The van der Waals surface area contributed by atoms with Crippen LogP contribution in [0.2, 0.25) is 0 Å². The van der Waals surface area contributed by atoms with E-state index in [1.807, 2.05) is 0 Å². The first kappa shape index (κ1) is 19.8. The van der Waals surface area contributed by atoms with E-state index in [0.717, 1.165) is 17.7 Å². The topological polar surface area (TPSA) is 17.8 Å². The second-order valence-corrected chi connectivity index (χ2v) is 9.90. The molecule has 0 spiro atoms. The number of hydrogen-bond donors (Lipinski definition) is 0. The summed E-state index contributed by atoms with van der Waals surface area (Å²) in [6.07, 6.45) is 13.9. The molecule has 158 valence electrons. The van der Waals surface area contributed by atoms with Crippen molar-refractivity contribution in [3.63, 3.8) is 0 Å². The molecule has 2 aromatic carbocycles. The highest BCUT2D eigenvalue weighted by molar-refractivity contribution is 5.83. The first-order valence-electron chi connectivity index (χ1n) is 12.3. The minimum absolute atomic E-state index is 0.393. The quantitative estimate of drug-likeness (QED) is 0.430. The van der Waals surface area contributed by atoms with Crippen LogP contribution in [0.3, 0.4) is 0 Å². The van der Waals surface area contributed by atoms with E-state index >= 15 is 0 Å². The van der Waals surface area contributed by atoms with Crippen LogP contribution in [0.15, 0.2) is 42.5 Å². The zero-order chi connectivity index (χ0) is 20.5. The van der Waals surface area contributed by atoms with Crippen molar-refractivity contribution in [3.8, 4) is 11.4 Å². The van der Waals surface area contributed by atoms with Gasteiger partial charge in [0.25, 0.3) is 0 Å². The van der Waals surface area contributed by atoms with E-state index in [1.54, 1.807) is 11.1 Å². The molecule has 2 heteroatoms. The lowest BCUT2D eigenvalue weighted by atomic mass is 9.76. The van der Waals surface area contributed by atoms with E-state index in [4.69, 9.17) is 4.98 Å². The highest BCUT2D eigenvalue weighted by Crippen LogP contribution is 2.43. The molecule has 1 aromatic heterocycles. The molecule has 0 radical (unpaired) electrons. The molecule has 0 amide bonds. The molecule has 0 aliphatic heterocycles. The van der Waals surface area contributed by atoms with Crippen molar-refractivity contribution >= 4 is 11.0 Å². The molecule has 5 rings (SSSR count). The van der Waals surface area contributed by atoms with Gasteiger partial charge < -0.3 is 4.57 Å². The summed E-state index contributed by atoms with van der Waals surface area (Å²) < 4.78 is 2.47. The zero-order valence-electron chi connectivity index (χ0n) is 18.7. The Kier molecular flexibility index (Phi) is 5.67. The second-order valence-electron chi connectivity index (χ2n) is 9.90. The van der Waals surface area contributed by atoms with E-state index in [-0.39, 0.29) is 0 Å². The molecule has 0 N–H and O–H groups in total. The molecule has 30 heavy (non-hydrogen) atoms. The Hall–Kier alpha value is -2.09. The van der Waals surface area contributed by atoms with E-state index in [2.05, 4.69) is 60.9 Å². The number of benzene rings is 2. The third-order valence-electron chi connectivity index (χ3n) is 7.53. The van der Waals surface area contributed by atoms with Crippen LogP contribution in [0, 0.1) is 0 Å². The molecule has 2 saturated carbocycles. The molecule has 3 aromatic rings. The predicted molar refractivity (Wildman–Crippen MR) is 127 cm³/mol. The van der Waals surface area contributed by atoms with Gasteiger partial charge in [0.15, 0.2) is 0 Å². The van der Waals surface area contributed by atoms with Crippen molar-refractivity contribution < 1.29 is 0 Å². The van der Waals surface area contributed by atoms with Gasteiger partial charge in [0.05, 0.1) is 11.0 Å². The average Bonchev–Trinajstić information content (AvgIpc) is 3.19. The first-order valence-corrected chi connectivity index (χ1v) is 12.3. The van der Waals surface area contributed by atoms with Crippen molar-refractivity contribution in [3.05, 3.63) is 53.6 Å². The fourth-order valence-electron chi connectivity index (χ4n) is 6.02. The standard InChI is InChI=1S/C28H36N2/c1-20(2)30-27-19-25(22-14-8-4-9-15-22)24(21-12-6-3-7-13-21)18-26(27)29-28(30)23-16-10-5-11-17-23/h5,10-11,16-22H,3-4,6-9,12-15H2,1-2H3. The van der Waals surface area contributed by atoms with Gasteiger partial charge in [0, 0.05) is 11.6 Å². The summed E-state index contributed by atoms with van der Waals surface area (Å²) in [5.41, 5.74) is 7.06. The van der Waals surface area contributed by atoms with Crippen molar-refractivity contribution in [2.24, 2.45) is 0 Å². The summed E-state index contributed by atoms with van der Waals surface area (Å²) in [5.74, 6) is 2.61. The molecule has 1 heterocycles. The predicted octanol–water partition coefficient (Wildman–Crippen LogP) is 8.38. The van der Waals surface area contributed by atoms with Gasteiger partial charge in [-0.1, -0.05) is 68.9 Å². The molecule has 2 fully saturated rings. The Labute approximate surface area is 181 Å². The maximum Gasteiger partial charge on any atom is 0.141 e. The third kappa shape index (κ3) is 3.70. The number of aromatic nitrogens is 2. The second kappa shape index (κ2) is 8.57. The largest absolute Gasteiger partial charge is 0.321 e. The minimum atomic E-state index is 0.393. The van der Waals surface area contributed by atoms with Gasteiger partial charge in [-0.05, 0) is 74.6 Å². The van der Waals surface area contributed by atoms with Crippen LogP contribution < -0.4 is 0 Å². The Balaban J connectivity index is 1.70. The molecule has 0 unspecified atom stereocenters. The number of fused-ring (bicyclic) bond motifs is 1. The number of rotatable bonds is 4. The molecular weight excluding hydrogens is 364 g/mol. The lowest BCUT2D eigenvalue weighted by Crippen LogP contribution is -2.13. The van der Waals surface area contributed by atoms with E-state index < -0.39 is 0 Å².